The minimum Gasteiger partial charge on any atom is -0.550 e. The van der Waals surface area contributed by atoms with Crippen LogP contribution in [0.3, 0.4) is 0 Å². The van der Waals surface area contributed by atoms with Crippen LogP contribution in [-0.4, -0.2) is 37.1 Å². The third kappa shape index (κ3) is 21.5. The summed E-state index contributed by atoms with van der Waals surface area (Å²) in [5, 5.41) is 9.49. The van der Waals surface area contributed by atoms with Gasteiger partial charge in [0.1, 0.15) is 0 Å². The van der Waals surface area contributed by atoms with E-state index in [1.807, 2.05) is 0 Å². The maximum Gasteiger partial charge on any atom is 0.0784 e. The standard InChI is InChI=1S/C19H42N.C4H8O2/c1-5-8-11-14-17-20(4,18-15-12-9-6-2)19-16-13-10-7-3;1-2-3-4(5)6/h5-19H2,1-4H3;2-3H2,1H3,(H,5,6)/q+1;/p-1. The number of carbonyl (C=O) groups excluding carboxylic acids is 1. The predicted octanol–water partition coefficient (Wildman–Crippen LogP) is 5.71. The van der Waals surface area contributed by atoms with Crippen LogP contribution in [0.2, 0.25) is 0 Å². The normalized spacial score (nSPS) is 11.1. The molecule has 0 radical (unpaired) electrons. The van der Waals surface area contributed by atoms with Crippen LogP contribution >= 0.6 is 0 Å². The first-order valence-electron chi connectivity index (χ1n) is 11.5. The minimum atomic E-state index is -0.961. The van der Waals surface area contributed by atoms with Crippen molar-refractivity contribution in [2.75, 3.05) is 26.7 Å². The zero-order valence-corrected chi connectivity index (χ0v) is 18.8. The average molecular weight is 372 g/mol. The summed E-state index contributed by atoms with van der Waals surface area (Å²) in [6.45, 7) is 13.0. The number of rotatable bonds is 17. The molecule has 0 unspecified atom stereocenters. The van der Waals surface area contributed by atoms with Crippen molar-refractivity contribution in [1.29, 1.82) is 0 Å². The van der Waals surface area contributed by atoms with E-state index >= 15 is 0 Å². The lowest BCUT2D eigenvalue weighted by atomic mass is 10.1. The van der Waals surface area contributed by atoms with Gasteiger partial charge in [-0.05, 0) is 44.9 Å². The van der Waals surface area contributed by atoms with Crippen molar-refractivity contribution >= 4 is 5.97 Å². The van der Waals surface area contributed by atoms with Gasteiger partial charge in [-0.25, -0.2) is 0 Å². The van der Waals surface area contributed by atoms with Gasteiger partial charge in [-0.3, -0.25) is 0 Å². The van der Waals surface area contributed by atoms with Gasteiger partial charge in [0, 0.05) is 5.97 Å². The van der Waals surface area contributed by atoms with Crippen molar-refractivity contribution in [2.24, 2.45) is 0 Å². The molecule has 3 nitrogen and oxygen atoms in total. The molecule has 0 spiro atoms. The molecular weight excluding hydrogens is 322 g/mol. The third-order valence-electron chi connectivity index (χ3n) is 5.11. The Kier molecular flexibility index (Phi) is 22.1. The van der Waals surface area contributed by atoms with E-state index in [9.17, 15) is 9.90 Å². The van der Waals surface area contributed by atoms with Crippen LogP contribution in [0.15, 0.2) is 0 Å². The summed E-state index contributed by atoms with van der Waals surface area (Å²) in [6.07, 6.45) is 17.8. The lowest BCUT2D eigenvalue weighted by Gasteiger charge is -2.35. The number of unbranched alkanes of at least 4 members (excludes halogenated alkanes) is 9. The Hall–Kier alpha value is -0.570. The van der Waals surface area contributed by atoms with Crippen LogP contribution < -0.4 is 5.11 Å². The van der Waals surface area contributed by atoms with Crippen LogP contribution in [0.1, 0.15) is 118 Å². The summed E-state index contributed by atoms with van der Waals surface area (Å²) in [6, 6.07) is 0. The van der Waals surface area contributed by atoms with E-state index in [4.69, 9.17) is 0 Å². The largest absolute Gasteiger partial charge is 0.550 e. The van der Waals surface area contributed by atoms with Crippen LogP contribution in [0.4, 0.5) is 0 Å². The number of hydrogen-bond acceptors (Lipinski definition) is 2. The molecule has 158 valence electrons. The zero-order valence-electron chi connectivity index (χ0n) is 18.8. The molecule has 0 bridgehead atoms. The molecule has 0 aliphatic heterocycles. The fourth-order valence-corrected chi connectivity index (χ4v) is 3.30. The van der Waals surface area contributed by atoms with E-state index < -0.39 is 5.97 Å². The fraction of sp³-hybridized carbons (Fsp3) is 0.957. The first kappa shape index (κ1) is 27.6. The van der Waals surface area contributed by atoms with Gasteiger partial charge >= 0.3 is 0 Å². The second kappa shape index (κ2) is 20.7. The highest BCUT2D eigenvalue weighted by Crippen LogP contribution is 2.14. The lowest BCUT2D eigenvalue weighted by molar-refractivity contribution is -0.910. The van der Waals surface area contributed by atoms with Crippen molar-refractivity contribution in [2.45, 2.75) is 118 Å². The van der Waals surface area contributed by atoms with E-state index in [1.54, 1.807) is 6.92 Å². The Balaban J connectivity index is 0. The number of aliphatic carboxylic acids is 1. The van der Waals surface area contributed by atoms with Crippen molar-refractivity contribution < 1.29 is 14.4 Å². The Morgan fingerprint density at radius 3 is 1.15 bits per heavy atom. The Bertz CT molecular complexity index is 261. The highest BCUT2D eigenvalue weighted by Gasteiger charge is 2.19. The van der Waals surface area contributed by atoms with Gasteiger partial charge in [0.25, 0.3) is 0 Å². The lowest BCUT2D eigenvalue weighted by Crippen LogP contribution is -2.46. The van der Waals surface area contributed by atoms with Crippen LogP contribution in [0.5, 0.6) is 0 Å². The Morgan fingerprint density at radius 2 is 0.962 bits per heavy atom. The summed E-state index contributed by atoms with van der Waals surface area (Å²) in [5.74, 6) is -0.961. The van der Waals surface area contributed by atoms with Gasteiger partial charge in [-0.1, -0.05) is 72.6 Å². The average Bonchev–Trinajstić information content (AvgIpc) is 2.60. The second-order valence-corrected chi connectivity index (χ2v) is 8.09. The molecule has 0 aromatic rings. The molecule has 0 saturated carbocycles. The van der Waals surface area contributed by atoms with Gasteiger partial charge < -0.3 is 14.4 Å². The maximum atomic E-state index is 9.49. The van der Waals surface area contributed by atoms with E-state index in [1.165, 1.54) is 101 Å². The molecule has 3 heteroatoms. The first-order valence-corrected chi connectivity index (χ1v) is 11.5. The number of hydrogen-bond donors (Lipinski definition) is 0. The molecule has 0 amide bonds. The summed E-state index contributed by atoms with van der Waals surface area (Å²) in [7, 11) is 2.52. The number of carboxylic acids is 1. The van der Waals surface area contributed by atoms with E-state index in [0.717, 1.165) is 0 Å². The molecule has 0 fully saturated rings. The molecule has 0 atom stereocenters. The second-order valence-electron chi connectivity index (χ2n) is 8.09. The molecule has 0 heterocycles. The van der Waals surface area contributed by atoms with Crippen molar-refractivity contribution in [1.82, 2.24) is 0 Å². The summed E-state index contributed by atoms with van der Waals surface area (Å²) >= 11 is 0. The number of carbonyl (C=O) groups is 1. The minimum absolute atomic E-state index is 0.181. The summed E-state index contributed by atoms with van der Waals surface area (Å²) in [5.41, 5.74) is 0. The fourth-order valence-electron chi connectivity index (χ4n) is 3.30. The maximum absolute atomic E-state index is 9.49. The van der Waals surface area contributed by atoms with E-state index in [0.29, 0.717) is 6.42 Å². The van der Waals surface area contributed by atoms with E-state index in [-0.39, 0.29) is 6.42 Å². The van der Waals surface area contributed by atoms with Crippen molar-refractivity contribution in [3.8, 4) is 0 Å². The number of quaternary nitrogens is 1. The molecule has 0 aromatic heterocycles. The van der Waals surface area contributed by atoms with Gasteiger partial charge in [0.2, 0.25) is 0 Å². The molecular formula is C23H49NO2. The van der Waals surface area contributed by atoms with Crippen LogP contribution in [-0.2, 0) is 4.79 Å². The molecule has 26 heavy (non-hydrogen) atoms. The van der Waals surface area contributed by atoms with Gasteiger partial charge in [0.05, 0.1) is 26.7 Å². The summed E-state index contributed by atoms with van der Waals surface area (Å²) in [4.78, 5) is 9.49. The molecule has 0 saturated heterocycles. The van der Waals surface area contributed by atoms with Gasteiger partial charge in [-0.15, -0.1) is 0 Å². The monoisotopic (exact) mass is 371 g/mol. The predicted molar refractivity (Wildman–Crippen MR) is 113 cm³/mol. The summed E-state index contributed by atoms with van der Waals surface area (Å²) < 4.78 is 1.34. The smallest absolute Gasteiger partial charge is 0.0784 e. The quantitative estimate of drug-likeness (QED) is 0.243. The first-order chi connectivity index (χ1) is 12.5. The van der Waals surface area contributed by atoms with Gasteiger partial charge in [0.15, 0.2) is 0 Å². The number of carboxylic acid groups (broad SMARTS) is 1. The van der Waals surface area contributed by atoms with E-state index in [2.05, 4.69) is 27.8 Å². The topological polar surface area (TPSA) is 40.1 Å². The SMILES string of the molecule is CCCC(=O)[O-].CCCCCC[N+](C)(CCCCCC)CCCCCC. The Labute approximate surface area is 165 Å². The molecule has 0 aromatic carbocycles. The molecule has 0 aliphatic carbocycles. The highest BCUT2D eigenvalue weighted by atomic mass is 16.4. The van der Waals surface area contributed by atoms with Crippen LogP contribution in [0, 0.1) is 0 Å². The zero-order chi connectivity index (χ0) is 20.1. The van der Waals surface area contributed by atoms with Crippen LogP contribution in [0.25, 0.3) is 0 Å². The molecule has 0 aliphatic rings. The molecule has 0 rings (SSSR count). The van der Waals surface area contributed by atoms with Gasteiger partial charge in [-0.2, -0.15) is 0 Å². The Morgan fingerprint density at radius 1 is 0.615 bits per heavy atom. The van der Waals surface area contributed by atoms with Crippen molar-refractivity contribution in [3.63, 3.8) is 0 Å². The highest BCUT2D eigenvalue weighted by molar-refractivity contribution is 5.63. The molecule has 0 N–H and O–H groups in total. The third-order valence-corrected chi connectivity index (χ3v) is 5.11. The number of nitrogens with zero attached hydrogens (tertiary/aromatic N) is 1. The van der Waals surface area contributed by atoms with Crippen molar-refractivity contribution in [3.05, 3.63) is 0 Å².